The van der Waals surface area contributed by atoms with E-state index in [1.54, 1.807) is 4.31 Å². The van der Waals surface area contributed by atoms with Gasteiger partial charge in [0.2, 0.25) is 0 Å². The molecular formula is C18H17F4NO3S2. The average molecular weight is 435 g/mol. The third kappa shape index (κ3) is 4.51. The molecule has 1 aliphatic heterocycles. The lowest BCUT2D eigenvalue weighted by atomic mass is 9.91. The van der Waals surface area contributed by atoms with Crippen molar-refractivity contribution < 1.29 is 30.5 Å². The Kier molecular flexibility index (Phi) is 6.33. The second kappa shape index (κ2) is 8.40. The van der Waals surface area contributed by atoms with Crippen molar-refractivity contribution in [1.29, 1.82) is 0 Å². The summed E-state index contributed by atoms with van der Waals surface area (Å²) in [5, 5.41) is 0. The van der Waals surface area contributed by atoms with Crippen molar-refractivity contribution in [1.82, 2.24) is 4.31 Å². The van der Waals surface area contributed by atoms with Crippen molar-refractivity contribution in [2.24, 2.45) is 5.92 Å². The summed E-state index contributed by atoms with van der Waals surface area (Å²) in [4.78, 5) is -2.99. The molecular weight excluding hydrogens is 418 g/mol. The van der Waals surface area contributed by atoms with Gasteiger partial charge >= 0.3 is 10.1 Å². The van der Waals surface area contributed by atoms with E-state index in [0.717, 1.165) is 19.3 Å². The molecule has 2 aromatic rings. The summed E-state index contributed by atoms with van der Waals surface area (Å²) in [5.74, 6) is -7.58. The molecule has 152 valence electrons. The molecule has 0 aliphatic carbocycles. The van der Waals surface area contributed by atoms with Crippen LogP contribution in [0.3, 0.4) is 0 Å². The first-order valence-electron chi connectivity index (χ1n) is 8.48. The van der Waals surface area contributed by atoms with E-state index in [2.05, 4.69) is 0 Å². The summed E-state index contributed by atoms with van der Waals surface area (Å²) >= 11 is 0.501. The molecule has 0 saturated carbocycles. The minimum atomic E-state index is -5.45. The Morgan fingerprint density at radius 2 is 1.50 bits per heavy atom. The summed E-state index contributed by atoms with van der Waals surface area (Å²) in [7, 11) is -5.45. The van der Waals surface area contributed by atoms with Crippen molar-refractivity contribution in [3.63, 3.8) is 0 Å². The van der Waals surface area contributed by atoms with Crippen LogP contribution in [0.2, 0.25) is 0 Å². The van der Waals surface area contributed by atoms with E-state index >= 15 is 0 Å². The summed E-state index contributed by atoms with van der Waals surface area (Å²) in [6, 6.07) is 9.87. The van der Waals surface area contributed by atoms with Gasteiger partial charge in [0.15, 0.2) is 28.2 Å². The van der Waals surface area contributed by atoms with Gasteiger partial charge in [-0.05, 0) is 42.7 Å². The summed E-state index contributed by atoms with van der Waals surface area (Å²) in [5.41, 5.74) is 1.19. The molecule has 1 N–H and O–H groups in total. The van der Waals surface area contributed by atoms with E-state index in [-0.39, 0.29) is 0 Å². The second-order valence-corrected chi connectivity index (χ2v) is 9.01. The number of benzene rings is 2. The second-order valence-electron chi connectivity index (χ2n) is 6.54. The predicted octanol–water partition coefficient (Wildman–Crippen LogP) is 4.45. The molecule has 0 spiro atoms. The zero-order valence-corrected chi connectivity index (χ0v) is 16.2. The average Bonchev–Trinajstić information content (AvgIpc) is 2.65. The van der Waals surface area contributed by atoms with Gasteiger partial charge < -0.3 is 0 Å². The third-order valence-electron chi connectivity index (χ3n) is 4.60. The van der Waals surface area contributed by atoms with E-state index in [1.165, 1.54) is 5.56 Å². The smallest absolute Gasteiger partial charge is 0.282 e. The van der Waals surface area contributed by atoms with Crippen LogP contribution in [-0.2, 0) is 16.5 Å². The molecule has 0 amide bonds. The molecule has 0 unspecified atom stereocenters. The number of nitrogens with zero attached hydrogens (tertiary/aromatic N) is 1. The van der Waals surface area contributed by atoms with Crippen LogP contribution in [0.5, 0.6) is 0 Å². The minimum Gasteiger partial charge on any atom is -0.282 e. The van der Waals surface area contributed by atoms with Gasteiger partial charge in [-0.25, -0.2) is 21.9 Å². The van der Waals surface area contributed by atoms with E-state index in [9.17, 15) is 26.0 Å². The molecule has 28 heavy (non-hydrogen) atoms. The van der Waals surface area contributed by atoms with Gasteiger partial charge in [-0.3, -0.25) is 4.55 Å². The standard InChI is InChI=1S/C18H17F4NO3S2/c19-13-15(21)18(28(24,25)26)16(22)14(20)17(13)27-23-8-6-12(7-9-23)10-11-4-2-1-3-5-11/h1-5,12H,6-10H2,(H,24,25,26). The molecule has 0 radical (unpaired) electrons. The third-order valence-corrected chi connectivity index (χ3v) is 6.64. The first kappa shape index (κ1) is 21.1. The molecule has 3 rings (SSSR count). The fourth-order valence-electron chi connectivity index (χ4n) is 3.18. The maximum atomic E-state index is 14.1. The van der Waals surface area contributed by atoms with Gasteiger partial charge in [0.1, 0.15) is 4.90 Å². The van der Waals surface area contributed by atoms with Crippen LogP contribution in [-0.4, -0.2) is 30.4 Å². The fraction of sp³-hybridized carbons (Fsp3) is 0.333. The van der Waals surface area contributed by atoms with Crippen molar-refractivity contribution in [3.05, 3.63) is 59.2 Å². The van der Waals surface area contributed by atoms with Crippen LogP contribution in [0.4, 0.5) is 17.6 Å². The Balaban J connectivity index is 1.72. The minimum absolute atomic E-state index is 0.379. The van der Waals surface area contributed by atoms with Gasteiger partial charge in [-0.15, -0.1) is 0 Å². The zero-order valence-electron chi connectivity index (χ0n) is 14.5. The highest BCUT2D eigenvalue weighted by Crippen LogP contribution is 2.37. The number of hydrogen-bond acceptors (Lipinski definition) is 4. The highest BCUT2D eigenvalue weighted by molar-refractivity contribution is 7.97. The molecule has 0 bridgehead atoms. The molecule has 0 aromatic heterocycles. The van der Waals surface area contributed by atoms with Crippen LogP contribution in [0, 0.1) is 29.2 Å². The number of halogens is 4. The van der Waals surface area contributed by atoms with Crippen LogP contribution in [0.25, 0.3) is 0 Å². The highest BCUT2D eigenvalue weighted by Gasteiger charge is 2.33. The lowest BCUT2D eigenvalue weighted by Crippen LogP contribution is -2.29. The lowest BCUT2D eigenvalue weighted by molar-refractivity contribution is 0.289. The van der Waals surface area contributed by atoms with Crippen molar-refractivity contribution >= 4 is 22.1 Å². The molecule has 1 aliphatic rings. The lowest BCUT2D eigenvalue weighted by Gasteiger charge is -2.31. The van der Waals surface area contributed by atoms with Crippen LogP contribution < -0.4 is 0 Å². The van der Waals surface area contributed by atoms with Crippen LogP contribution in [0.1, 0.15) is 18.4 Å². The Labute approximate surface area is 164 Å². The molecule has 1 fully saturated rings. The Morgan fingerprint density at radius 3 is 2.00 bits per heavy atom. The number of piperidine rings is 1. The van der Waals surface area contributed by atoms with Crippen molar-refractivity contribution in [3.8, 4) is 0 Å². The van der Waals surface area contributed by atoms with E-state index in [0.29, 0.717) is 31.0 Å². The van der Waals surface area contributed by atoms with Gasteiger partial charge in [-0.2, -0.15) is 8.42 Å². The van der Waals surface area contributed by atoms with E-state index in [4.69, 9.17) is 4.55 Å². The maximum Gasteiger partial charge on any atom is 0.300 e. The highest BCUT2D eigenvalue weighted by atomic mass is 32.2. The first-order chi connectivity index (χ1) is 13.2. The van der Waals surface area contributed by atoms with Gasteiger partial charge in [0.05, 0.1) is 0 Å². The Hall–Kier alpha value is -1.62. The summed E-state index contributed by atoms with van der Waals surface area (Å²) in [6.07, 6.45) is 2.34. The summed E-state index contributed by atoms with van der Waals surface area (Å²) in [6.45, 7) is 0.897. The number of hydrogen-bond donors (Lipinski definition) is 1. The molecule has 1 heterocycles. The van der Waals surface area contributed by atoms with Crippen LogP contribution in [0.15, 0.2) is 40.1 Å². The molecule has 0 atom stereocenters. The SMILES string of the molecule is O=S(=O)(O)c1c(F)c(F)c(SN2CCC(Cc3ccccc3)CC2)c(F)c1F. The van der Waals surface area contributed by atoms with Gasteiger partial charge in [0, 0.05) is 13.1 Å². The quantitative estimate of drug-likeness (QED) is 0.325. The van der Waals surface area contributed by atoms with Crippen molar-refractivity contribution in [2.75, 3.05) is 13.1 Å². The number of rotatable bonds is 5. The van der Waals surface area contributed by atoms with E-state index < -0.39 is 43.2 Å². The summed E-state index contributed by atoms with van der Waals surface area (Å²) < 4.78 is 88.5. The molecule has 2 aromatic carbocycles. The molecule has 4 nitrogen and oxygen atoms in total. The van der Waals surface area contributed by atoms with Crippen molar-refractivity contribution in [2.45, 2.75) is 29.1 Å². The monoisotopic (exact) mass is 435 g/mol. The first-order valence-corrected chi connectivity index (χ1v) is 10.7. The normalized spacial score (nSPS) is 16.5. The largest absolute Gasteiger partial charge is 0.300 e. The maximum absolute atomic E-state index is 14.1. The zero-order chi connectivity index (χ0) is 20.5. The Bertz CT molecular complexity index is 934. The van der Waals surface area contributed by atoms with Crippen LogP contribution >= 0.6 is 11.9 Å². The van der Waals surface area contributed by atoms with Gasteiger partial charge in [0.25, 0.3) is 0 Å². The Morgan fingerprint density at radius 1 is 0.964 bits per heavy atom. The predicted molar refractivity (Wildman–Crippen MR) is 96.4 cm³/mol. The fourth-order valence-corrected chi connectivity index (χ4v) is 4.80. The molecule has 1 saturated heterocycles. The van der Waals surface area contributed by atoms with E-state index in [1.807, 2.05) is 30.3 Å². The topological polar surface area (TPSA) is 57.6 Å². The van der Waals surface area contributed by atoms with Gasteiger partial charge in [-0.1, -0.05) is 30.3 Å². The molecule has 10 heteroatoms.